The summed E-state index contributed by atoms with van der Waals surface area (Å²) < 4.78 is 11.3. The van der Waals surface area contributed by atoms with Crippen LogP contribution in [0.2, 0.25) is 0 Å². The van der Waals surface area contributed by atoms with Gasteiger partial charge in [-0.2, -0.15) is 11.8 Å². The first-order valence-corrected chi connectivity index (χ1v) is 17.7. The average molecular weight is 668 g/mol. The van der Waals surface area contributed by atoms with E-state index in [0.717, 1.165) is 16.7 Å². The Balaban J connectivity index is 2.10. The Morgan fingerprint density at radius 2 is 1.51 bits per heavy atom. The Morgan fingerprint density at radius 3 is 2.06 bits per heavy atom. The van der Waals surface area contributed by atoms with Gasteiger partial charge in [0.15, 0.2) is 0 Å². The van der Waals surface area contributed by atoms with Crippen LogP contribution in [0.1, 0.15) is 89.6 Å². The van der Waals surface area contributed by atoms with Gasteiger partial charge in [-0.3, -0.25) is 9.59 Å². The smallest absolute Gasteiger partial charge is 0.408 e. The largest absolute Gasteiger partial charge is 0.458 e. The van der Waals surface area contributed by atoms with Crippen molar-refractivity contribution in [3.8, 4) is 0 Å². The molecule has 47 heavy (non-hydrogen) atoms. The first kappa shape index (κ1) is 37.9. The van der Waals surface area contributed by atoms with Gasteiger partial charge in [-0.25, -0.2) is 9.59 Å². The summed E-state index contributed by atoms with van der Waals surface area (Å²) in [6.45, 7) is 16.6. The van der Waals surface area contributed by atoms with Crippen molar-refractivity contribution in [2.24, 2.45) is 5.92 Å². The normalized spacial score (nSPS) is 17.9. The lowest BCUT2D eigenvalue weighted by molar-refractivity contribution is -0.159. The van der Waals surface area contributed by atoms with E-state index in [1.165, 1.54) is 0 Å². The number of benzene rings is 2. The molecule has 0 aliphatic heterocycles. The lowest BCUT2D eigenvalue weighted by Crippen LogP contribution is -2.56. The van der Waals surface area contributed by atoms with Gasteiger partial charge in [-0.1, -0.05) is 55.5 Å². The number of nitrogens with zero attached hydrogens (tertiary/aromatic N) is 1. The van der Waals surface area contributed by atoms with Crippen molar-refractivity contribution in [3.63, 3.8) is 0 Å². The van der Waals surface area contributed by atoms with Crippen molar-refractivity contribution in [3.05, 3.63) is 70.8 Å². The van der Waals surface area contributed by atoms with Crippen molar-refractivity contribution in [1.82, 2.24) is 15.5 Å². The van der Waals surface area contributed by atoms with E-state index in [1.807, 2.05) is 75.6 Å². The number of carbonyl (C=O) groups is 4. The van der Waals surface area contributed by atoms with Gasteiger partial charge in [0.2, 0.25) is 11.8 Å². The summed E-state index contributed by atoms with van der Waals surface area (Å²) in [5.74, 6) is -0.654. The summed E-state index contributed by atoms with van der Waals surface area (Å²) in [5.41, 5.74) is 1.84. The number of hydrogen-bond donors (Lipinski definition) is 2. The molecule has 0 radical (unpaired) electrons. The zero-order valence-electron chi connectivity index (χ0n) is 29.6. The Kier molecular flexibility index (Phi) is 12.9. The van der Waals surface area contributed by atoms with Crippen LogP contribution in [0.15, 0.2) is 48.5 Å². The second-order valence-electron chi connectivity index (χ2n) is 14.5. The van der Waals surface area contributed by atoms with Crippen molar-refractivity contribution in [1.29, 1.82) is 0 Å². The molecule has 3 amide bonds. The van der Waals surface area contributed by atoms with Crippen molar-refractivity contribution >= 4 is 35.6 Å². The van der Waals surface area contributed by atoms with Gasteiger partial charge in [-0.15, -0.1) is 0 Å². The molecule has 2 N–H and O–H groups in total. The fourth-order valence-corrected chi connectivity index (χ4v) is 5.92. The fourth-order valence-electron chi connectivity index (χ4n) is 5.45. The van der Waals surface area contributed by atoms with Crippen LogP contribution < -0.4 is 10.6 Å². The summed E-state index contributed by atoms with van der Waals surface area (Å²) >= 11 is 1.56. The number of rotatable bonds is 13. The Labute approximate surface area is 284 Å². The highest BCUT2D eigenvalue weighted by molar-refractivity contribution is 7.98. The summed E-state index contributed by atoms with van der Waals surface area (Å²) in [4.78, 5) is 57.5. The number of carbonyl (C=O) groups excluding carboxylic acids is 4. The molecule has 5 atom stereocenters. The molecule has 10 heteroatoms. The summed E-state index contributed by atoms with van der Waals surface area (Å²) in [5, 5.41) is 5.80. The topological polar surface area (TPSA) is 114 Å². The van der Waals surface area contributed by atoms with Gasteiger partial charge in [0.1, 0.15) is 29.3 Å². The van der Waals surface area contributed by atoms with E-state index >= 15 is 0 Å². The van der Waals surface area contributed by atoms with Gasteiger partial charge in [0.25, 0.3) is 0 Å². The van der Waals surface area contributed by atoms with E-state index in [9.17, 15) is 19.2 Å². The third kappa shape index (κ3) is 11.3. The number of alkyl carbamates (subject to hydrolysis) is 1. The molecule has 0 bridgehead atoms. The molecule has 1 aliphatic carbocycles. The molecule has 5 unspecified atom stereocenters. The molecule has 0 spiro atoms. The molecule has 9 nitrogen and oxygen atoms in total. The van der Waals surface area contributed by atoms with Gasteiger partial charge in [0.05, 0.1) is 0 Å². The van der Waals surface area contributed by atoms with Crippen molar-refractivity contribution < 1.29 is 28.7 Å². The monoisotopic (exact) mass is 667 g/mol. The van der Waals surface area contributed by atoms with Crippen LogP contribution in [0.4, 0.5) is 4.79 Å². The van der Waals surface area contributed by atoms with E-state index in [0.29, 0.717) is 24.2 Å². The molecule has 0 aromatic heterocycles. The third-order valence-corrected chi connectivity index (χ3v) is 8.68. The first-order chi connectivity index (χ1) is 21.9. The predicted molar refractivity (Wildman–Crippen MR) is 187 cm³/mol. The predicted octanol–water partition coefficient (Wildman–Crippen LogP) is 6.30. The maximum Gasteiger partial charge on any atom is 0.408 e. The Bertz CT molecular complexity index is 1400. The van der Waals surface area contributed by atoms with Crippen molar-refractivity contribution in [2.75, 3.05) is 12.0 Å². The quantitative estimate of drug-likeness (QED) is 0.241. The minimum absolute atomic E-state index is 0.146. The molecule has 3 rings (SSSR count). The number of ether oxygens (including phenoxy) is 2. The lowest BCUT2D eigenvalue weighted by Gasteiger charge is -2.36. The molecular weight excluding hydrogens is 614 g/mol. The molecule has 2 aromatic carbocycles. The van der Waals surface area contributed by atoms with Crippen LogP contribution in [-0.4, -0.2) is 70.1 Å². The highest BCUT2D eigenvalue weighted by Crippen LogP contribution is 2.42. The fraction of sp³-hybridized carbons (Fsp3) is 0.568. The van der Waals surface area contributed by atoms with Crippen LogP contribution in [-0.2, 0) is 30.3 Å². The van der Waals surface area contributed by atoms with Gasteiger partial charge in [0, 0.05) is 12.5 Å². The molecule has 258 valence electrons. The first-order valence-electron chi connectivity index (χ1n) is 16.4. The summed E-state index contributed by atoms with van der Waals surface area (Å²) in [6.07, 6.45) is 2.52. The number of nitrogens with one attached hydrogen (secondary N) is 2. The van der Waals surface area contributed by atoms with E-state index in [-0.39, 0.29) is 24.3 Å². The van der Waals surface area contributed by atoms with Crippen molar-refractivity contribution in [2.45, 2.75) is 117 Å². The van der Waals surface area contributed by atoms with Crippen LogP contribution in [0.25, 0.3) is 0 Å². The molecule has 0 heterocycles. The Morgan fingerprint density at radius 1 is 0.894 bits per heavy atom. The van der Waals surface area contributed by atoms with Crippen LogP contribution in [0.3, 0.4) is 0 Å². The van der Waals surface area contributed by atoms with Crippen LogP contribution >= 0.6 is 11.8 Å². The lowest BCUT2D eigenvalue weighted by atomic mass is 9.94. The zero-order valence-corrected chi connectivity index (χ0v) is 30.5. The van der Waals surface area contributed by atoms with Gasteiger partial charge >= 0.3 is 12.1 Å². The minimum Gasteiger partial charge on any atom is -0.458 e. The SMILES string of the molecule is CSCCC(NC(=O)OC(C)(C)C)C(=O)N(C(C(=O)NC(Cc1ccccc1)C(=O)OC(C)(C)C)c1cccc(C)c1C)C1CC1C. The number of esters is 1. The zero-order chi connectivity index (χ0) is 35.1. The minimum atomic E-state index is -1.06. The maximum atomic E-state index is 14.7. The molecule has 1 fully saturated rings. The second-order valence-corrected chi connectivity index (χ2v) is 15.5. The number of aryl methyl sites for hydroxylation is 1. The molecular formula is C37H53N3O6S. The van der Waals surface area contributed by atoms with Crippen LogP contribution in [0, 0.1) is 19.8 Å². The van der Waals surface area contributed by atoms with Crippen LogP contribution in [0.5, 0.6) is 0 Å². The number of hydrogen-bond acceptors (Lipinski definition) is 7. The molecule has 0 saturated heterocycles. The van der Waals surface area contributed by atoms with E-state index in [4.69, 9.17) is 9.47 Å². The van der Waals surface area contributed by atoms with E-state index < -0.39 is 47.3 Å². The number of thioether (sulfide) groups is 1. The van der Waals surface area contributed by atoms with Gasteiger partial charge < -0.3 is 25.0 Å². The standard InChI is InChI=1S/C37H53N3O6S/c1-23-15-14-18-27(25(23)3)31(32(41)38-29(34(43)45-36(4,5)6)22-26-16-12-11-13-17-26)40(30-21-24(30)2)33(42)28(19-20-47-10)39-35(44)46-37(7,8)9/h11-18,24,28-31H,19-22H2,1-10H3,(H,38,41)(H,39,44). The molecule has 1 saturated carbocycles. The highest BCUT2D eigenvalue weighted by Gasteiger charge is 2.49. The van der Waals surface area contributed by atoms with E-state index in [1.54, 1.807) is 58.2 Å². The highest BCUT2D eigenvalue weighted by atomic mass is 32.2. The second kappa shape index (κ2) is 16.0. The summed E-state index contributed by atoms with van der Waals surface area (Å²) in [6, 6.07) is 11.9. The summed E-state index contributed by atoms with van der Waals surface area (Å²) in [7, 11) is 0. The number of amides is 3. The maximum absolute atomic E-state index is 14.7. The molecule has 2 aromatic rings. The average Bonchev–Trinajstić information content (AvgIpc) is 3.69. The van der Waals surface area contributed by atoms with Gasteiger partial charge in [-0.05, 0) is 108 Å². The third-order valence-electron chi connectivity index (χ3n) is 8.04. The molecule has 1 aliphatic rings. The van der Waals surface area contributed by atoms with E-state index in [2.05, 4.69) is 10.6 Å². The Hall–Kier alpha value is -3.53.